The lowest BCUT2D eigenvalue weighted by Crippen LogP contribution is -2.10. The van der Waals surface area contributed by atoms with Crippen molar-refractivity contribution in [3.63, 3.8) is 0 Å². The van der Waals surface area contributed by atoms with Gasteiger partial charge in [0, 0.05) is 17.2 Å². The molecule has 1 heterocycles. The van der Waals surface area contributed by atoms with Gasteiger partial charge >= 0.3 is 0 Å². The minimum absolute atomic E-state index is 0.00594. The van der Waals surface area contributed by atoms with E-state index in [4.69, 9.17) is 5.73 Å². The van der Waals surface area contributed by atoms with E-state index in [9.17, 15) is 4.79 Å². The zero-order valence-corrected chi connectivity index (χ0v) is 13.3. The second kappa shape index (κ2) is 8.25. The topological polar surface area (TPSA) is 71.8 Å². The van der Waals surface area contributed by atoms with Crippen molar-refractivity contribution in [2.75, 3.05) is 5.73 Å². The maximum Gasteiger partial charge on any atom is 0.183 e. The van der Waals surface area contributed by atoms with E-state index in [1.807, 2.05) is 38.1 Å². The summed E-state index contributed by atoms with van der Waals surface area (Å²) >= 11 is 0. The van der Waals surface area contributed by atoms with Gasteiger partial charge in [-0.1, -0.05) is 52.3 Å². The first-order valence-electron chi connectivity index (χ1n) is 7.49. The van der Waals surface area contributed by atoms with Gasteiger partial charge in [-0.3, -0.25) is 9.89 Å². The number of aromatic amines is 1. The number of ketones is 1. The SMILES string of the molecule is CCC.CCC(C)C(=O)c1cc(-c2ccccc2N)n[nH]1. The van der Waals surface area contributed by atoms with Crippen LogP contribution in [-0.4, -0.2) is 16.0 Å². The fourth-order valence-corrected chi connectivity index (χ4v) is 1.77. The molecule has 3 N–H and O–H groups in total. The number of para-hydroxylation sites is 1. The third-order valence-electron chi connectivity index (χ3n) is 3.14. The Balaban J connectivity index is 0.000000677. The highest BCUT2D eigenvalue weighted by Gasteiger charge is 2.16. The van der Waals surface area contributed by atoms with Crippen LogP contribution in [0, 0.1) is 5.92 Å². The molecule has 0 radical (unpaired) electrons. The monoisotopic (exact) mass is 287 g/mol. The lowest BCUT2D eigenvalue weighted by molar-refractivity contribution is 0.0922. The molecule has 114 valence electrons. The number of carbonyl (C=O) groups is 1. The zero-order chi connectivity index (χ0) is 15.8. The molecule has 1 atom stereocenters. The Labute approximate surface area is 126 Å². The molecule has 0 aliphatic rings. The number of Topliss-reactive ketones (excluding diaryl/α,β-unsaturated/α-hetero) is 1. The van der Waals surface area contributed by atoms with Crippen LogP contribution in [0.5, 0.6) is 0 Å². The van der Waals surface area contributed by atoms with E-state index >= 15 is 0 Å². The number of benzene rings is 1. The number of carbonyl (C=O) groups excluding carboxylic acids is 1. The molecule has 0 bridgehead atoms. The number of hydrogen-bond donors (Lipinski definition) is 2. The van der Waals surface area contributed by atoms with E-state index in [-0.39, 0.29) is 11.7 Å². The molecule has 4 nitrogen and oxygen atoms in total. The Morgan fingerprint density at radius 3 is 2.48 bits per heavy atom. The van der Waals surface area contributed by atoms with Gasteiger partial charge in [-0.2, -0.15) is 5.10 Å². The lowest BCUT2D eigenvalue weighted by Gasteiger charge is -2.03. The van der Waals surface area contributed by atoms with E-state index in [0.29, 0.717) is 17.1 Å². The van der Waals surface area contributed by atoms with E-state index < -0.39 is 0 Å². The summed E-state index contributed by atoms with van der Waals surface area (Å²) in [4.78, 5) is 12.0. The molecule has 1 aromatic heterocycles. The van der Waals surface area contributed by atoms with Crippen LogP contribution in [0.15, 0.2) is 30.3 Å². The predicted octanol–water partition coefficient (Wildman–Crippen LogP) is 4.30. The largest absolute Gasteiger partial charge is 0.398 e. The van der Waals surface area contributed by atoms with Crippen LogP contribution in [0.25, 0.3) is 11.3 Å². The number of anilines is 1. The molecule has 0 saturated carbocycles. The van der Waals surface area contributed by atoms with Crippen LogP contribution in [0.3, 0.4) is 0 Å². The first kappa shape index (κ1) is 17.0. The molecule has 0 spiro atoms. The van der Waals surface area contributed by atoms with E-state index in [1.165, 1.54) is 6.42 Å². The van der Waals surface area contributed by atoms with Crippen LogP contribution >= 0.6 is 0 Å². The van der Waals surface area contributed by atoms with Crippen LogP contribution < -0.4 is 5.73 Å². The third kappa shape index (κ3) is 4.45. The predicted molar refractivity (Wildman–Crippen MR) is 88.2 cm³/mol. The molecule has 0 aliphatic heterocycles. The number of nitrogens with one attached hydrogen (secondary N) is 1. The zero-order valence-electron chi connectivity index (χ0n) is 13.3. The highest BCUT2D eigenvalue weighted by atomic mass is 16.1. The summed E-state index contributed by atoms with van der Waals surface area (Å²) in [6.07, 6.45) is 2.07. The number of H-pyrrole nitrogens is 1. The molecule has 0 saturated heterocycles. The van der Waals surface area contributed by atoms with Gasteiger partial charge in [-0.15, -0.1) is 0 Å². The molecule has 1 unspecified atom stereocenters. The van der Waals surface area contributed by atoms with Crippen LogP contribution in [0.4, 0.5) is 5.69 Å². The summed E-state index contributed by atoms with van der Waals surface area (Å²) in [5.41, 5.74) is 8.64. The maximum absolute atomic E-state index is 12.0. The number of rotatable bonds is 4. The molecule has 4 heteroatoms. The summed E-state index contributed by atoms with van der Waals surface area (Å²) in [6.45, 7) is 8.16. The number of nitrogens with two attached hydrogens (primary N) is 1. The molecular weight excluding hydrogens is 262 g/mol. The number of hydrogen-bond acceptors (Lipinski definition) is 3. The molecule has 0 amide bonds. The Kier molecular flexibility index (Phi) is 6.66. The van der Waals surface area contributed by atoms with Gasteiger partial charge in [0.05, 0.1) is 5.69 Å². The highest BCUT2D eigenvalue weighted by Crippen LogP contribution is 2.24. The normalized spacial score (nSPS) is 11.4. The van der Waals surface area contributed by atoms with Gasteiger partial charge in [0.15, 0.2) is 5.78 Å². The van der Waals surface area contributed by atoms with Gasteiger partial charge in [-0.05, 0) is 18.6 Å². The molecule has 0 aliphatic carbocycles. The van der Waals surface area contributed by atoms with Crippen molar-refractivity contribution in [3.8, 4) is 11.3 Å². The molecule has 0 fully saturated rings. The van der Waals surface area contributed by atoms with Crippen molar-refractivity contribution in [2.45, 2.75) is 40.5 Å². The van der Waals surface area contributed by atoms with Crippen LogP contribution in [0.2, 0.25) is 0 Å². The van der Waals surface area contributed by atoms with Gasteiger partial charge < -0.3 is 5.73 Å². The first-order valence-corrected chi connectivity index (χ1v) is 7.49. The van der Waals surface area contributed by atoms with Gasteiger partial charge in [-0.25, -0.2) is 0 Å². The summed E-state index contributed by atoms with van der Waals surface area (Å²) < 4.78 is 0. The van der Waals surface area contributed by atoms with Crippen LogP contribution in [0.1, 0.15) is 51.0 Å². The lowest BCUT2D eigenvalue weighted by atomic mass is 10.0. The summed E-state index contributed by atoms with van der Waals surface area (Å²) in [5.74, 6) is 0.0946. The van der Waals surface area contributed by atoms with Crippen molar-refractivity contribution in [1.29, 1.82) is 0 Å². The second-order valence-electron chi connectivity index (χ2n) is 5.13. The van der Waals surface area contributed by atoms with Crippen molar-refractivity contribution in [1.82, 2.24) is 10.2 Å². The molecular formula is C17H25N3O. The van der Waals surface area contributed by atoms with E-state index in [1.54, 1.807) is 6.07 Å². The van der Waals surface area contributed by atoms with Crippen molar-refractivity contribution < 1.29 is 4.79 Å². The molecule has 2 aromatic rings. The summed E-state index contributed by atoms with van der Waals surface area (Å²) in [7, 11) is 0. The van der Waals surface area contributed by atoms with Gasteiger partial charge in [0.2, 0.25) is 0 Å². The van der Waals surface area contributed by atoms with Crippen molar-refractivity contribution >= 4 is 11.5 Å². The maximum atomic E-state index is 12.0. The number of nitrogens with zero attached hydrogens (tertiary/aromatic N) is 1. The first-order chi connectivity index (χ1) is 10.0. The third-order valence-corrected chi connectivity index (χ3v) is 3.14. The Morgan fingerprint density at radius 2 is 1.90 bits per heavy atom. The average Bonchev–Trinajstić information content (AvgIpc) is 2.96. The van der Waals surface area contributed by atoms with Crippen LogP contribution in [-0.2, 0) is 0 Å². The quantitative estimate of drug-likeness (QED) is 0.650. The Morgan fingerprint density at radius 1 is 1.29 bits per heavy atom. The minimum Gasteiger partial charge on any atom is -0.398 e. The fourth-order valence-electron chi connectivity index (χ4n) is 1.77. The smallest absolute Gasteiger partial charge is 0.183 e. The molecule has 21 heavy (non-hydrogen) atoms. The Bertz CT molecular complexity index is 575. The van der Waals surface area contributed by atoms with Crippen molar-refractivity contribution in [3.05, 3.63) is 36.0 Å². The second-order valence-corrected chi connectivity index (χ2v) is 5.13. The summed E-state index contributed by atoms with van der Waals surface area (Å²) in [6, 6.07) is 9.25. The molecule has 1 aromatic carbocycles. The van der Waals surface area contributed by atoms with Crippen molar-refractivity contribution in [2.24, 2.45) is 5.92 Å². The Hall–Kier alpha value is -2.10. The highest BCUT2D eigenvalue weighted by molar-refractivity contribution is 5.97. The van der Waals surface area contributed by atoms with E-state index in [0.717, 1.165) is 12.0 Å². The minimum atomic E-state index is 0.00594. The van der Waals surface area contributed by atoms with E-state index in [2.05, 4.69) is 24.0 Å². The average molecular weight is 287 g/mol. The summed E-state index contributed by atoms with van der Waals surface area (Å²) in [5, 5.41) is 6.95. The van der Waals surface area contributed by atoms with Gasteiger partial charge in [0.1, 0.15) is 5.69 Å². The fraction of sp³-hybridized carbons (Fsp3) is 0.412. The number of aromatic nitrogens is 2. The molecule has 2 rings (SSSR count). The van der Waals surface area contributed by atoms with Gasteiger partial charge in [0.25, 0.3) is 0 Å². The standard InChI is InChI=1S/C14H17N3O.C3H8/c1-3-9(2)14(18)13-8-12(16-17-13)10-6-4-5-7-11(10)15;1-3-2/h4-9H,3,15H2,1-2H3,(H,16,17);3H2,1-2H3. The number of nitrogen functional groups attached to an aromatic ring is 1.